The molecule has 0 radical (unpaired) electrons. The normalized spacial score (nSPS) is 10.5. The summed E-state index contributed by atoms with van der Waals surface area (Å²) in [5.41, 5.74) is 5.96. The molecule has 104 valence electrons. The van der Waals surface area contributed by atoms with Gasteiger partial charge in [-0.15, -0.1) is 0 Å². The van der Waals surface area contributed by atoms with Gasteiger partial charge < -0.3 is 9.90 Å². The van der Waals surface area contributed by atoms with E-state index in [4.69, 9.17) is 0 Å². The second kappa shape index (κ2) is 6.38. The molecule has 2 aromatic rings. The maximum Gasteiger partial charge on any atom is 0.0458 e. The minimum Gasteiger partial charge on any atom is -0.550 e. The molecule has 0 aliphatic rings. The third-order valence-electron chi connectivity index (χ3n) is 3.36. The fourth-order valence-electron chi connectivity index (χ4n) is 2.49. The van der Waals surface area contributed by atoms with Crippen molar-refractivity contribution in [2.45, 2.75) is 33.1 Å². The summed E-state index contributed by atoms with van der Waals surface area (Å²) < 4.78 is 0. The van der Waals surface area contributed by atoms with E-state index in [1.165, 1.54) is 22.3 Å². The van der Waals surface area contributed by atoms with Crippen molar-refractivity contribution in [3.05, 3.63) is 70.3 Å². The predicted molar refractivity (Wildman–Crippen MR) is 78.5 cm³/mol. The number of hydrogen-bond acceptors (Lipinski definition) is 2. The Labute approximate surface area is 120 Å². The van der Waals surface area contributed by atoms with Gasteiger partial charge in [-0.25, -0.2) is 0 Å². The van der Waals surface area contributed by atoms with Crippen LogP contribution in [-0.2, 0) is 24.1 Å². The fourth-order valence-corrected chi connectivity index (χ4v) is 2.49. The van der Waals surface area contributed by atoms with Crippen LogP contribution in [0.4, 0.5) is 0 Å². The molecular weight excluding hydrogens is 248 g/mol. The van der Waals surface area contributed by atoms with Crippen molar-refractivity contribution >= 4 is 5.97 Å². The molecule has 2 nitrogen and oxygen atoms in total. The fraction of sp³-hybridized carbons (Fsp3) is 0.278. The zero-order valence-corrected chi connectivity index (χ0v) is 12.0. The average molecular weight is 267 g/mol. The van der Waals surface area contributed by atoms with Crippen molar-refractivity contribution in [3.8, 4) is 0 Å². The van der Waals surface area contributed by atoms with E-state index in [1.54, 1.807) is 0 Å². The van der Waals surface area contributed by atoms with Gasteiger partial charge in [-0.2, -0.15) is 0 Å². The SMILES string of the molecule is Cc1cc(C)cc(CCc2ccc(CC(=O)[O-])cc2)c1. The van der Waals surface area contributed by atoms with Crippen LogP contribution in [0.15, 0.2) is 42.5 Å². The third-order valence-corrected chi connectivity index (χ3v) is 3.36. The smallest absolute Gasteiger partial charge is 0.0458 e. The second-order valence-electron chi connectivity index (χ2n) is 5.36. The van der Waals surface area contributed by atoms with E-state index < -0.39 is 5.97 Å². The zero-order chi connectivity index (χ0) is 14.5. The highest BCUT2D eigenvalue weighted by molar-refractivity contribution is 5.67. The van der Waals surface area contributed by atoms with E-state index in [-0.39, 0.29) is 6.42 Å². The van der Waals surface area contributed by atoms with Gasteiger partial charge in [-0.05, 0) is 43.4 Å². The number of carbonyl (C=O) groups excluding carboxylic acids is 1. The van der Waals surface area contributed by atoms with Gasteiger partial charge in [0.25, 0.3) is 0 Å². The summed E-state index contributed by atoms with van der Waals surface area (Å²) in [6.45, 7) is 4.23. The van der Waals surface area contributed by atoms with Crippen molar-refractivity contribution in [2.75, 3.05) is 0 Å². The first kappa shape index (κ1) is 14.3. The number of aliphatic carboxylic acids is 1. The van der Waals surface area contributed by atoms with E-state index in [9.17, 15) is 9.90 Å². The molecule has 2 aromatic carbocycles. The molecule has 0 bridgehead atoms. The lowest BCUT2D eigenvalue weighted by atomic mass is 10.00. The van der Waals surface area contributed by atoms with Gasteiger partial charge >= 0.3 is 0 Å². The Bertz CT molecular complexity index is 577. The maximum absolute atomic E-state index is 10.5. The van der Waals surface area contributed by atoms with Crippen LogP contribution < -0.4 is 5.11 Å². The van der Waals surface area contributed by atoms with Crippen LogP contribution >= 0.6 is 0 Å². The Morgan fingerprint density at radius 3 is 1.90 bits per heavy atom. The third kappa shape index (κ3) is 4.23. The summed E-state index contributed by atoms with van der Waals surface area (Å²) in [6.07, 6.45) is 1.95. The zero-order valence-electron chi connectivity index (χ0n) is 12.0. The van der Waals surface area contributed by atoms with E-state index in [2.05, 4.69) is 32.0 Å². The number of benzene rings is 2. The predicted octanol–water partition coefficient (Wildman–Crippen LogP) is 2.38. The van der Waals surface area contributed by atoms with Gasteiger partial charge in [0.1, 0.15) is 0 Å². The number of aryl methyl sites for hydroxylation is 4. The number of hydrogen-bond donors (Lipinski definition) is 0. The van der Waals surface area contributed by atoms with Gasteiger partial charge in [0.2, 0.25) is 0 Å². The van der Waals surface area contributed by atoms with Gasteiger partial charge in [-0.1, -0.05) is 53.6 Å². The van der Waals surface area contributed by atoms with Crippen molar-refractivity contribution in [1.82, 2.24) is 0 Å². The lowest BCUT2D eigenvalue weighted by Gasteiger charge is -2.07. The summed E-state index contributed by atoms with van der Waals surface area (Å²) in [6, 6.07) is 14.4. The molecule has 0 N–H and O–H groups in total. The molecule has 0 aliphatic heterocycles. The van der Waals surface area contributed by atoms with E-state index in [1.807, 2.05) is 24.3 Å². The summed E-state index contributed by atoms with van der Waals surface area (Å²) in [7, 11) is 0. The molecule has 20 heavy (non-hydrogen) atoms. The maximum atomic E-state index is 10.5. The largest absolute Gasteiger partial charge is 0.550 e. The molecule has 0 aromatic heterocycles. The first-order valence-electron chi connectivity index (χ1n) is 6.88. The molecule has 2 rings (SSSR count). The standard InChI is InChI=1S/C18H20O2/c1-13-9-14(2)11-17(10-13)8-5-15-3-6-16(7-4-15)12-18(19)20/h3-4,6-7,9-11H,5,8,12H2,1-2H3,(H,19,20)/p-1. The van der Waals surface area contributed by atoms with Crippen LogP contribution in [0.2, 0.25) is 0 Å². The second-order valence-corrected chi connectivity index (χ2v) is 5.36. The molecular formula is C18H19O2-. The molecule has 0 heterocycles. The van der Waals surface area contributed by atoms with Crippen LogP contribution in [0.25, 0.3) is 0 Å². The summed E-state index contributed by atoms with van der Waals surface area (Å²) in [5.74, 6) is -1.03. The lowest BCUT2D eigenvalue weighted by Crippen LogP contribution is -2.24. The first-order valence-corrected chi connectivity index (χ1v) is 6.88. The summed E-state index contributed by atoms with van der Waals surface area (Å²) >= 11 is 0. The Kier molecular flexibility index (Phi) is 4.57. The van der Waals surface area contributed by atoms with Crippen molar-refractivity contribution < 1.29 is 9.90 Å². The number of carbonyl (C=O) groups is 1. The molecule has 0 saturated heterocycles. The average Bonchev–Trinajstić information content (AvgIpc) is 2.36. The summed E-state index contributed by atoms with van der Waals surface area (Å²) in [4.78, 5) is 10.5. The first-order chi connectivity index (χ1) is 9.52. The Balaban J connectivity index is 1.98. The molecule has 0 unspecified atom stereocenters. The highest BCUT2D eigenvalue weighted by Gasteiger charge is 1.99. The monoisotopic (exact) mass is 267 g/mol. The van der Waals surface area contributed by atoms with Gasteiger partial charge in [0, 0.05) is 12.4 Å². The minimum absolute atomic E-state index is 0.0165. The Morgan fingerprint density at radius 2 is 1.35 bits per heavy atom. The van der Waals surface area contributed by atoms with Crippen LogP contribution in [0, 0.1) is 13.8 Å². The Hall–Kier alpha value is -2.09. The molecule has 0 amide bonds. The molecule has 0 spiro atoms. The van der Waals surface area contributed by atoms with Crippen LogP contribution in [0.5, 0.6) is 0 Å². The number of carboxylic acid groups (broad SMARTS) is 1. The highest BCUT2D eigenvalue weighted by Crippen LogP contribution is 2.13. The lowest BCUT2D eigenvalue weighted by molar-refractivity contribution is -0.304. The van der Waals surface area contributed by atoms with Crippen molar-refractivity contribution in [2.24, 2.45) is 0 Å². The van der Waals surface area contributed by atoms with Crippen molar-refractivity contribution in [3.63, 3.8) is 0 Å². The molecule has 2 heteroatoms. The van der Waals surface area contributed by atoms with Gasteiger partial charge in [-0.3, -0.25) is 0 Å². The highest BCUT2D eigenvalue weighted by atomic mass is 16.4. The van der Waals surface area contributed by atoms with Crippen LogP contribution in [0.3, 0.4) is 0 Å². The number of rotatable bonds is 5. The van der Waals surface area contributed by atoms with E-state index >= 15 is 0 Å². The molecule has 0 aliphatic carbocycles. The van der Waals surface area contributed by atoms with E-state index in [0.29, 0.717) is 0 Å². The minimum atomic E-state index is -1.03. The van der Waals surface area contributed by atoms with Gasteiger partial charge in [0.15, 0.2) is 0 Å². The van der Waals surface area contributed by atoms with Gasteiger partial charge in [0.05, 0.1) is 0 Å². The van der Waals surface area contributed by atoms with Crippen LogP contribution in [-0.4, -0.2) is 5.97 Å². The molecule has 0 fully saturated rings. The quantitative estimate of drug-likeness (QED) is 0.834. The molecule has 0 saturated carbocycles. The Morgan fingerprint density at radius 1 is 0.850 bits per heavy atom. The summed E-state index contributed by atoms with van der Waals surface area (Å²) in [5, 5.41) is 10.5. The van der Waals surface area contributed by atoms with Crippen molar-refractivity contribution in [1.29, 1.82) is 0 Å². The topological polar surface area (TPSA) is 40.1 Å². The van der Waals surface area contributed by atoms with Crippen LogP contribution in [0.1, 0.15) is 27.8 Å². The van der Waals surface area contributed by atoms with E-state index in [0.717, 1.165) is 18.4 Å². The molecule has 0 atom stereocenters. The number of carboxylic acids is 1.